The summed E-state index contributed by atoms with van der Waals surface area (Å²) in [6, 6.07) is 14.9. The number of amides is 1. The zero-order chi connectivity index (χ0) is 20.0. The highest BCUT2D eigenvalue weighted by molar-refractivity contribution is 7.89. The van der Waals surface area contributed by atoms with Crippen molar-refractivity contribution in [3.8, 4) is 0 Å². The van der Waals surface area contributed by atoms with Crippen molar-refractivity contribution >= 4 is 27.3 Å². The molecular weight excluding hydrogens is 394 g/mol. The number of nitrogens with one attached hydrogen (secondary N) is 2. The topological polar surface area (TPSA) is 88.2 Å². The van der Waals surface area contributed by atoms with Crippen LogP contribution in [-0.4, -0.2) is 25.4 Å². The van der Waals surface area contributed by atoms with E-state index in [1.54, 1.807) is 17.6 Å². The SMILES string of the molecule is Cc1ccc(S(=O)(=O)N[C@@H](Cc2ccccc2)C(=O)NCc2cscn2)cc1. The third kappa shape index (κ3) is 5.48. The van der Waals surface area contributed by atoms with Gasteiger partial charge in [0, 0.05) is 5.38 Å². The Bertz CT molecular complexity index is 1000. The van der Waals surface area contributed by atoms with E-state index < -0.39 is 22.0 Å². The summed E-state index contributed by atoms with van der Waals surface area (Å²) in [6.07, 6.45) is 0.245. The molecule has 0 unspecified atom stereocenters. The van der Waals surface area contributed by atoms with Crippen LogP contribution >= 0.6 is 11.3 Å². The number of nitrogens with zero attached hydrogens (tertiary/aromatic N) is 1. The lowest BCUT2D eigenvalue weighted by Gasteiger charge is -2.18. The number of thiazole rings is 1. The number of carbonyl (C=O) groups excluding carboxylic acids is 1. The van der Waals surface area contributed by atoms with Crippen LogP contribution in [0.4, 0.5) is 0 Å². The highest BCUT2D eigenvalue weighted by Crippen LogP contribution is 2.13. The standard InChI is InChI=1S/C20H21N3O3S2/c1-15-7-9-18(10-8-15)28(25,26)23-19(11-16-5-3-2-4-6-16)20(24)21-12-17-13-27-14-22-17/h2-10,13-14,19,23H,11-12H2,1H3,(H,21,24)/t19-/m0/s1. The lowest BCUT2D eigenvalue weighted by molar-refractivity contribution is -0.122. The molecule has 0 aliphatic rings. The number of hydrogen-bond donors (Lipinski definition) is 2. The molecule has 2 aromatic carbocycles. The number of rotatable bonds is 8. The fourth-order valence-corrected chi connectivity index (χ4v) is 4.39. The molecule has 1 atom stereocenters. The molecule has 0 saturated heterocycles. The van der Waals surface area contributed by atoms with Crippen LogP contribution in [0.25, 0.3) is 0 Å². The zero-order valence-corrected chi connectivity index (χ0v) is 17.0. The van der Waals surface area contributed by atoms with Gasteiger partial charge in [-0.15, -0.1) is 11.3 Å². The third-order valence-corrected chi connectivity index (χ3v) is 6.28. The molecule has 0 aliphatic heterocycles. The van der Waals surface area contributed by atoms with Crippen LogP contribution in [0.2, 0.25) is 0 Å². The minimum absolute atomic E-state index is 0.128. The summed E-state index contributed by atoms with van der Waals surface area (Å²) < 4.78 is 28.1. The Labute approximate surface area is 168 Å². The largest absolute Gasteiger partial charge is 0.349 e. The Morgan fingerprint density at radius 2 is 1.82 bits per heavy atom. The Hall–Kier alpha value is -2.55. The predicted molar refractivity (Wildman–Crippen MR) is 109 cm³/mol. The van der Waals surface area contributed by atoms with Crippen molar-refractivity contribution in [3.05, 3.63) is 82.3 Å². The first-order valence-corrected chi connectivity index (χ1v) is 11.1. The van der Waals surface area contributed by atoms with E-state index in [0.717, 1.165) is 16.8 Å². The summed E-state index contributed by atoms with van der Waals surface area (Å²) in [5.74, 6) is -0.396. The maximum Gasteiger partial charge on any atom is 0.241 e. The first kappa shape index (κ1) is 20.2. The van der Waals surface area contributed by atoms with Gasteiger partial charge < -0.3 is 5.32 Å². The number of aryl methyl sites for hydroxylation is 1. The van der Waals surface area contributed by atoms with E-state index in [1.807, 2.05) is 42.6 Å². The van der Waals surface area contributed by atoms with Gasteiger partial charge in [-0.1, -0.05) is 48.0 Å². The van der Waals surface area contributed by atoms with Crippen LogP contribution in [0.5, 0.6) is 0 Å². The monoisotopic (exact) mass is 415 g/mol. The summed E-state index contributed by atoms with van der Waals surface area (Å²) in [5.41, 5.74) is 4.24. The summed E-state index contributed by atoms with van der Waals surface area (Å²) >= 11 is 1.44. The number of sulfonamides is 1. The van der Waals surface area contributed by atoms with Crippen molar-refractivity contribution in [1.82, 2.24) is 15.0 Å². The lowest BCUT2D eigenvalue weighted by atomic mass is 10.1. The van der Waals surface area contributed by atoms with Crippen LogP contribution in [0.3, 0.4) is 0 Å². The first-order valence-electron chi connectivity index (χ1n) is 8.72. The van der Waals surface area contributed by atoms with Crippen LogP contribution in [0.1, 0.15) is 16.8 Å². The average Bonchev–Trinajstić information content (AvgIpc) is 3.20. The molecule has 0 bridgehead atoms. The van der Waals surface area contributed by atoms with E-state index >= 15 is 0 Å². The van der Waals surface area contributed by atoms with Gasteiger partial charge in [0.1, 0.15) is 6.04 Å². The second-order valence-corrected chi connectivity index (χ2v) is 8.81. The van der Waals surface area contributed by atoms with E-state index in [4.69, 9.17) is 0 Å². The van der Waals surface area contributed by atoms with Gasteiger partial charge in [-0.05, 0) is 31.0 Å². The Balaban J connectivity index is 1.78. The average molecular weight is 416 g/mol. The second-order valence-electron chi connectivity index (χ2n) is 6.37. The van der Waals surface area contributed by atoms with Gasteiger partial charge in [0.2, 0.25) is 15.9 Å². The predicted octanol–water partition coefficient (Wildman–Crippen LogP) is 2.66. The highest BCUT2D eigenvalue weighted by atomic mass is 32.2. The maximum atomic E-state index is 12.8. The molecule has 1 amide bonds. The van der Waals surface area contributed by atoms with Gasteiger partial charge in [-0.2, -0.15) is 4.72 Å². The van der Waals surface area contributed by atoms with Gasteiger partial charge in [0.25, 0.3) is 0 Å². The Morgan fingerprint density at radius 3 is 2.46 bits per heavy atom. The minimum atomic E-state index is -3.84. The molecule has 0 spiro atoms. The van der Waals surface area contributed by atoms with E-state index in [9.17, 15) is 13.2 Å². The molecule has 28 heavy (non-hydrogen) atoms. The number of carbonyl (C=O) groups is 1. The van der Waals surface area contributed by atoms with Gasteiger partial charge >= 0.3 is 0 Å². The van der Waals surface area contributed by atoms with Crippen LogP contribution in [0.15, 0.2) is 70.4 Å². The Morgan fingerprint density at radius 1 is 1.11 bits per heavy atom. The number of aromatic nitrogens is 1. The molecule has 146 valence electrons. The summed E-state index contributed by atoms with van der Waals surface area (Å²) in [6.45, 7) is 2.13. The fraction of sp³-hybridized carbons (Fsp3) is 0.200. The molecule has 8 heteroatoms. The van der Waals surface area contributed by atoms with E-state index in [2.05, 4.69) is 15.0 Å². The first-order chi connectivity index (χ1) is 13.4. The molecule has 0 radical (unpaired) electrons. The smallest absolute Gasteiger partial charge is 0.241 e. The van der Waals surface area contributed by atoms with E-state index in [1.165, 1.54) is 23.5 Å². The number of benzene rings is 2. The van der Waals surface area contributed by atoms with Gasteiger partial charge in [0.05, 0.1) is 22.6 Å². The Kier molecular flexibility index (Phi) is 6.56. The van der Waals surface area contributed by atoms with Gasteiger partial charge in [-0.25, -0.2) is 13.4 Å². The summed E-state index contributed by atoms with van der Waals surface area (Å²) in [5, 5.41) is 4.60. The molecule has 1 heterocycles. The van der Waals surface area contributed by atoms with Crippen molar-refractivity contribution in [2.45, 2.75) is 30.8 Å². The van der Waals surface area contributed by atoms with E-state index in [-0.39, 0.29) is 17.9 Å². The van der Waals surface area contributed by atoms with Crippen LogP contribution < -0.4 is 10.0 Å². The van der Waals surface area contributed by atoms with Crippen molar-refractivity contribution in [3.63, 3.8) is 0 Å². The molecule has 3 aromatic rings. The second kappa shape index (κ2) is 9.09. The molecule has 6 nitrogen and oxygen atoms in total. The quantitative estimate of drug-likeness (QED) is 0.592. The maximum absolute atomic E-state index is 12.8. The van der Waals surface area contributed by atoms with E-state index in [0.29, 0.717) is 0 Å². The molecular formula is C20H21N3O3S2. The van der Waals surface area contributed by atoms with Crippen molar-refractivity contribution < 1.29 is 13.2 Å². The minimum Gasteiger partial charge on any atom is -0.349 e. The molecule has 3 rings (SSSR count). The number of hydrogen-bond acceptors (Lipinski definition) is 5. The van der Waals surface area contributed by atoms with Crippen molar-refractivity contribution in [2.75, 3.05) is 0 Å². The molecule has 0 saturated carbocycles. The highest BCUT2D eigenvalue weighted by Gasteiger charge is 2.26. The van der Waals surface area contributed by atoms with Gasteiger partial charge in [-0.3, -0.25) is 4.79 Å². The van der Waals surface area contributed by atoms with Crippen molar-refractivity contribution in [1.29, 1.82) is 0 Å². The zero-order valence-electron chi connectivity index (χ0n) is 15.3. The van der Waals surface area contributed by atoms with Crippen molar-refractivity contribution in [2.24, 2.45) is 0 Å². The molecule has 0 aliphatic carbocycles. The summed E-state index contributed by atoms with van der Waals surface area (Å²) in [4.78, 5) is 17.0. The summed E-state index contributed by atoms with van der Waals surface area (Å²) in [7, 11) is -3.84. The van der Waals surface area contributed by atoms with Crippen LogP contribution in [-0.2, 0) is 27.8 Å². The van der Waals surface area contributed by atoms with Gasteiger partial charge in [0.15, 0.2) is 0 Å². The fourth-order valence-electron chi connectivity index (χ4n) is 2.64. The lowest BCUT2D eigenvalue weighted by Crippen LogP contribution is -2.47. The normalized spacial score (nSPS) is 12.5. The molecule has 1 aromatic heterocycles. The van der Waals surface area contributed by atoms with Crippen LogP contribution in [0, 0.1) is 6.92 Å². The molecule has 0 fully saturated rings. The molecule has 2 N–H and O–H groups in total. The third-order valence-electron chi connectivity index (χ3n) is 4.16.